The summed E-state index contributed by atoms with van der Waals surface area (Å²) in [6, 6.07) is 8.50. The molecule has 2 aromatic rings. The molecule has 25 heavy (non-hydrogen) atoms. The Hall–Kier alpha value is -2.79. The summed E-state index contributed by atoms with van der Waals surface area (Å²) in [6.45, 7) is 0.579. The highest BCUT2D eigenvalue weighted by Crippen LogP contribution is 2.34. The second-order valence-electron chi connectivity index (χ2n) is 5.34. The average Bonchev–Trinajstić information content (AvgIpc) is 2.97. The number of pyridine rings is 2. The van der Waals surface area contributed by atoms with E-state index in [0.29, 0.717) is 17.8 Å². The maximum absolute atomic E-state index is 12.7. The summed E-state index contributed by atoms with van der Waals surface area (Å²) >= 11 is 5.96. The van der Waals surface area contributed by atoms with Crippen molar-refractivity contribution in [1.82, 2.24) is 10.4 Å². The van der Waals surface area contributed by atoms with Crippen LogP contribution in [-0.2, 0) is 12.7 Å². The number of alkyl halides is 3. The molecule has 0 fully saturated rings. The first-order valence-electron chi connectivity index (χ1n) is 7.21. The molecule has 128 valence electrons. The number of hydrogen-bond donors (Lipinski definition) is 1. The molecule has 9 heteroatoms. The van der Waals surface area contributed by atoms with Crippen LogP contribution in [0.5, 0.6) is 0 Å². The molecular weight excluding hydrogens is 355 g/mol. The number of nitrogens with zero attached hydrogens (tertiary/aromatic N) is 4. The molecule has 0 amide bonds. The van der Waals surface area contributed by atoms with Crippen LogP contribution in [0, 0.1) is 11.3 Å². The molecule has 0 unspecified atom stereocenters. The minimum Gasteiger partial charge on any atom is -0.294 e. The van der Waals surface area contributed by atoms with Crippen LogP contribution < -0.4 is 15.0 Å². The molecule has 0 spiro atoms. The molecule has 3 heterocycles. The van der Waals surface area contributed by atoms with Gasteiger partial charge in [0.2, 0.25) is 0 Å². The number of aromatic nitrogens is 2. The Labute approximate surface area is 146 Å². The Balaban J connectivity index is 1.82. The average molecular weight is 367 g/mol. The van der Waals surface area contributed by atoms with Gasteiger partial charge < -0.3 is 0 Å². The van der Waals surface area contributed by atoms with Crippen molar-refractivity contribution in [3.8, 4) is 6.07 Å². The van der Waals surface area contributed by atoms with Crippen LogP contribution in [0.3, 0.4) is 0 Å². The fourth-order valence-corrected chi connectivity index (χ4v) is 2.66. The molecule has 1 aliphatic rings. The summed E-state index contributed by atoms with van der Waals surface area (Å²) < 4.78 is 40.0. The van der Waals surface area contributed by atoms with E-state index in [0.717, 1.165) is 12.3 Å². The zero-order valence-electron chi connectivity index (χ0n) is 12.8. The van der Waals surface area contributed by atoms with Gasteiger partial charge in [0.05, 0.1) is 28.8 Å². The number of hydrazine groups is 1. The Morgan fingerprint density at radius 1 is 1.32 bits per heavy atom. The third-order valence-corrected chi connectivity index (χ3v) is 3.89. The molecule has 0 saturated carbocycles. The summed E-state index contributed by atoms with van der Waals surface area (Å²) in [4.78, 5) is 3.81. The van der Waals surface area contributed by atoms with Crippen molar-refractivity contribution in [3.05, 3.63) is 64.7 Å². The van der Waals surface area contributed by atoms with Crippen LogP contribution in [-0.4, -0.2) is 11.5 Å². The van der Waals surface area contributed by atoms with Crippen molar-refractivity contribution in [1.29, 1.82) is 5.26 Å². The molecule has 0 aliphatic carbocycles. The molecule has 5 nitrogen and oxygen atoms in total. The summed E-state index contributed by atoms with van der Waals surface area (Å²) in [6.07, 6.45) is -0.108. The SMILES string of the molecule is N#CC1=C(C[n+]2ccccc2)NN(c2ncc(C(F)(F)F)cc2Cl)C1. The van der Waals surface area contributed by atoms with Gasteiger partial charge in [-0.05, 0) is 6.07 Å². The van der Waals surface area contributed by atoms with Gasteiger partial charge in [0.1, 0.15) is 5.70 Å². The fraction of sp³-hybridized carbons (Fsp3) is 0.188. The monoisotopic (exact) mass is 366 g/mol. The van der Waals surface area contributed by atoms with Gasteiger partial charge in [-0.15, -0.1) is 0 Å². The number of nitrogens with one attached hydrogen (secondary N) is 1. The van der Waals surface area contributed by atoms with E-state index in [1.54, 1.807) is 0 Å². The van der Waals surface area contributed by atoms with E-state index in [9.17, 15) is 18.4 Å². The van der Waals surface area contributed by atoms with E-state index in [1.165, 1.54) is 5.01 Å². The van der Waals surface area contributed by atoms with Crippen LogP contribution >= 0.6 is 11.6 Å². The second kappa shape index (κ2) is 6.61. The number of halogens is 4. The summed E-state index contributed by atoms with van der Waals surface area (Å²) in [5.41, 5.74) is 3.18. The first-order chi connectivity index (χ1) is 11.9. The predicted octanol–water partition coefficient (Wildman–Crippen LogP) is 2.84. The number of nitriles is 1. The van der Waals surface area contributed by atoms with Gasteiger partial charge in [-0.2, -0.15) is 23.0 Å². The van der Waals surface area contributed by atoms with Crippen molar-refractivity contribution >= 4 is 17.4 Å². The van der Waals surface area contributed by atoms with Crippen LogP contribution in [0.4, 0.5) is 19.0 Å². The van der Waals surface area contributed by atoms with Crippen LogP contribution in [0.25, 0.3) is 0 Å². The molecule has 0 radical (unpaired) electrons. The summed E-state index contributed by atoms with van der Waals surface area (Å²) in [5, 5.41) is 10.6. The smallest absolute Gasteiger partial charge is 0.294 e. The number of anilines is 1. The third-order valence-electron chi connectivity index (χ3n) is 3.61. The van der Waals surface area contributed by atoms with Gasteiger partial charge in [0.15, 0.2) is 24.8 Å². The zero-order valence-corrected chi connectivity index (χ0v) is 13.5. The Bertz CT molecular complexity index is 858. The van der Waals surface area contributed by atoms with Gasteiger partial charge in [-0.1, -0.05) is 17.7 Å². The first-order valence-corrected chi connectivity index (χ1v) is 7.59. The quantitative estimate of drug-likeness (QED) is 0.849. The standard InChI is InChI=1S/C16H12ClF3N5/c17-13-6-12(16(18,19)20)8-22-15(13)25-9-11(7-21)14(23-25)10-24-4-2-1-3-5-24/h1-6,8,23H,9-10H2/q+1. The molecule has 1 N–H and O–H groups in total. The Morgan fingerprint density at radius 2 is 2.04 bits per heavy atom. The highest BCUT2D eigenvalue weighted by Gasteiger charge is 2.33. The van der Waals surface area contributed by atoms with Crippen LogP contribution in [0.15, 0.2) is 54.1 Å². The van der Waals surface area contributed by atoms with Crippen molar-refractivity contribution < 1.29 is 17.7 Å². The summed E-state index contributed by atoms with van der Waals surface area (Å²) in [7, 11) is 0. The van der Waals surface area contributed by atoms with Gasteiger partial charge in [-0.25, -0.2) is 4.98 Å². The van der Waals surface area contributed by atoms with E-state index in [-0.39, 0.29) is 17.4 Å². The summed E-state index contributed by atoms with van der Waals surface area (Å²) in [5.74, 6) is 0.135. The lowest BCUT2D eigenvalue weighted by Gasteiger charge is -2.20. The van der Waals surface area contributed by atoms with Gasteiger partial charge in [0, 0.05) is 18.3 Å². The van der Waals surface area contributed by atoms with Crippen LogP contribution in [0.2, 0.25) is 5.02 Å². The zero-order chi connectivity index (χ0) is 18.0. The van der Waals surface area contributed by atoms with Crippen LogP contribution in [0.1, 0.15) is 5.56 Å². The normalized spacial score (nSPS) is 14.4. The number of hydrogen-bond acceptors (Lipinski definition) is 4. The molecule has 0 aromatic carbocycles. The predicted molar refractivity (Wildman–Crippen MR) is 84.0 cm³/mol. The molecule has 3 rings (SSSR count). The second-order valence-corrected chi connectivity index (χ2v) is 5.75. The topological polar surface area (TPSA) is 55.8 Å². The first kappa shape index (κ1) is 17.0. The van der Waals surface area contributed by atoms with Gasteiger partial charge in [0.25, 0.3) is 0 Å². The van der Waals surface area contributed by atoms with Crippen molar-refractivity contribution in [2.45, 2.75) is 12.7 Å². The van der Waals surface area contributed by atoms with Crippen molar-refractivity contribution in [3.63, 3.8) is 0 Å². The Morgan fingerprint density at radius 3 is 2.64 bits per heavy atom. The maximum atomic E-state index is 12.7. The molecular formula is C16H12ClF3N5+. The van der Waals surface area contributed by atoms with E-state index < -0.39 is 11.7 Å². The number of allylic oxidation sites excluding steroid dienone is 1. The lowest BCUT2D eigenvalue weighted by atomic mass is 10.2. The van der Waals surface area contributed by atoms with Gasteiger partial charge >= 0.3 is 6.18 Å². The van der Waals surface area contributed by atoms with Gasteiger partial charge in [-0.3, -0.25) is 10.4 Å². The van der Waals surface area contributed by atoms with Crippen molar-refractivity contribution in [2.75, 3.05) is 11.6 Å². The maximum Gasteiger partial charge on any atom is 0.417 e. The van der Waals surface area contributed by atoms with Crippen molar-refractivity contribution in [2.24, 2.45) is 0 Å². The molecule has 1 aliphatic heterocycles. The van der Waals surface area contributed by atoms with E-state index >= 15 is 0 Å². The molecule has 0 bridgehead atoms. The minimum absolute atomic E-state index is 0.135. The largest absolute Gasteiger partial charge is 0.417 e. The number of rotatable bonds is 3. The molecule has 0 atom stereocenters. The lowest BCUT2D eigenvalue weighted by Crippen LogP contribution is -2.40. The van der Waals surface area contributed by atoms with E-state index in [2.05, 4.69) is 16.5 Å². The lowest BCUT2D eigenvalue weighted by molar-refractivity contribution is -0.689. The Kier molecular flexibility index (Phi) is 4.51. The highest BCUT2D eigenvalue weighted by molar-refractivity contribution is 6.33. The molecule has 2 aromatic heterocycles. The minimum atomic E-state index is -4.52. The highest BCUT2D eigenvalue weighted by atomic mass is 35.5. The molecule has 0 saturated heterocycles. The van der Waals surface area contributed by atoms with E-state index in [4.69, 9.17) is 11.6 Å². The fourth-order valence-electron chi connectivity index (χ4n) is 2.39. The third kappa shape index (κ3) is 3.67. The van der Waals surface area contributed by atoms with E-state index in [1.807, 2.05) is 35.2 Å².